The molecule has 1 aromatic carbocycles. The minimum Gasteiger partial charge on any atom is -0.389 e. The van der Waals surface area contributed by atoms with Crippen molar-refractivity contribution in [3.63, 3.8) is 0 Å². The van der Waals surface area contributed by atoms with Gasteiger partial charge in [-0.2, -0.15) is 5.26 Å². The smallest absolute Gasteiger partial charge is 0.143 e. The lowest BCUT2D eigenvalue weighted by atomic mass is 10.1. The molecule has 2 rings (SSSR count). The predicted molar refractivity (Wildman–Crippen MR) is 102 cm³/mol. The number of aliphatic hydroxyl groups is 1. The molecule has 6 nitrogen and oxygen atoms in total. The lowest BCUT2D eigenvalue weighted by Gasteiger charge is -2.28. The molecule has 2 aromatic rings. The number of aromatic nitrogens is 2. The third kappa shape index (κ3) is 6.66. The first kappa shape index (κ1) is 20.9. The summed E-state index contributed by atoms with van der Waals surface area (Å²) in [5.74, 6) is -0.553. The molecule has 0 radical (unpaired) electrons. The number of unbranched alkanes of at least 4 members (excludes halogenated alkanes) is 1. The highest BCUT2D eigenvalue weighted by Gasteiger charge is 2.18. The highest BCUT2D eigenvalue weighted by Crippen LogP contribution is 2.23. The molecule has 7 heteroatoms. The number of aliphatic hydroxyl groups excluding tert-OH is 1. The third-order valence-electron chi connectivity index (χ3n) is 4.23. The minimum atomic E-state index is -0.718. The Morgan fingerprint density at radius 1 is 1.41 bits per heavy atom. The van der Waals surface area contributed by atoms with Crippen molar-refractivity contribution >= 4 is 5.69 Å². The monoisotopic (exact) mass is 374 g/mol. The number of nitriles is 1. The van der Waals surface area contributed by atoms with Gasteiger partial charge in [-0.3, -0.25) is 0 Å². The number of halogens is 1. The van der Waals surface area contributed by atoms with Gasteiger partial charge in [0.05, 0.1) is 24.7 Å². The van der Waals surface area contributed by atoms with Crippen molar-refractivity contribution < 1.29 is 14.2 Å². The Labute approximate surface area is 159 Å². The van der Waals surface area contributed by atoms with Gasteiger partial charge in [0.25, 0.3) is 0 Å². The molecule has 0 aliphatic rings. The van der Waals surface area contributed by atoms with Crippen molar-refractivity contribution in [3.8, 4) is 6.07 Å². The molecular formula is C20H27FN4O2. The number of anilines is 1. The second-order valence-corrected chi connectivity index (χ2v) is 6.43. The van der Waals surface area contributed by atoms with E-state index in [0.29, 0.717) is 18.8 Å². The van der Waals surface area contributed by atoms with Gasteiger partial charge in [0.15, 0.2) is 0 Å². The number of nitrogens with zero attached hydrogens (tertiary/aromatic N) is 4. The fourth-order valence-electron chi connectivity index (χ4n) is 2.83. The van der Waals surface area contributed by atoms with Crippen molar-refractivity contribution in [2.75, 3.05) is 31.2 Å². The van der Waals surface area contributed by atoms with E-state index in [4.69, 9.17) is 4.74 Å². The maximum absolute atomic E-state index is 14.0. The lowest BCUT2D eigenvalue weighted by molar-refractivity contribution is 0.0391. The standard InChI is InChI=1S/C20H27FN4O2/c1-2-3-12-27-15-17(26)14-25(10-5-9-24-11-8-23-16-24)20-7-4-6-19(21)18(20)13-22/h4,6-8,11,16-17,26H,2-3,5,9-10,12,14-15H2,1H3. The maximum atomic E-state index is 14.0. The first-order valence-corrected chi connectivity index (χ1v) is 9.30. The zero-order valence-corrected chi connectivity index (χ0v) is 15.7. The Hall–Kier alpha value is -2.43. The van der Waals surface area contributed by atoms with Gasteiger partial charge in [0.1, 0.15) is 17.4 Å². The highest BCUT2D eigenvalue weighted by atomic mass is 19.1. The fraction of sp³-hybridized carbons (Fsp3) is 0.500. The van der Waals surface area contributed by atoms with E-state index < -0.39 is 11.9 Å². The number of imidazole rings is 1. The molecule has 0 fully saturated rings. The molecule has 0 aliphatic carbocycles. The normalized spacial score (nSPS) is 11.9. The molecule has 1 N–H and O–H groups in total. The summed E-state index contributed by atoms with van der Waals surface area (Å²) in [5, 5.41) is 19.7. The minimum absolute atomic E-state index is 0.000711. The van der Waals surface area contributed by atoms with Crippen LogP contribution in [0.3, 0.4) is 0 Å². The van der Waals surface area contributed by atoms with E-state index in [9.17, 15) is 14.8 Å². The van der Waals surface area contributed by atoms with Crippen molar-refractivity contribution in [2.45, 2.75) is 38.8 Å². The van der Waals surface area contributed by atoms with Crippen molar-refractivity contribution in [1.29, 1.82) is 5.26 Å². The molecule has 0 aliphatic heterocycles. The molecule has 0 saturated heterocycles. The van der Waals surface area contributed by atoms with E-state index >= 15 is 0 Å². The van der Waals surface area contributed by atoms with Crippen LogP contribution in [0.4, 0.5) is 10.1 Å². The number of rotatable bonds is 12. The van der Waals surface area contributed by atoms with Crippen molar-refractivity contribution in [3.05, 3.63) is 48.3 Å². The molecule has 1 heterocycles. The zero-order chi connectivity index (χ0) is 19.5. The second kappa shape index (κ2) is 11.3. The van der Waals surface area contributed by atoms with E-state index in [0.717, 1.165) is 25.8 Å². The van der Waals surface area contributed by atoms with Gasteiger partial charge >= 0.3 is 0 Å². The van der Waals surface area contributed by atoms with Crippen LogP contribution in [0.1, 0.15) is 31.7 Å². The van der Waals surface area contributed by atoms with Crippen LogP contribution in [0.5, 0.6) is 0 Å². The first-order valence-electron chi connectivity index (χ1n) is 9.30. The Bertz CT molecular complexity index is 715. The summed E-state index contributed by atoms with van der Waals surface area (Å²) >= 11 is 0. The predicted octanol–water partition coefficient (Wildman–Crippen LogP) is 2.97. The number of hydrogen-bond donors (Lipinski definition) is 1. The van der Waals surface area contributed by atoms with Crippen LogP contribution < -0.4 is 4.90 Å². The first-order chi connectivity index (χ1) is 13.2. The summed E-state index contributed by atoms with van der Waals surface area (Å²) in [6.07, 6.45) is 7.36. The van der Waals surface area contributed by atoms with Gasteiger partial charge in [0, 0.05) is 38.6 Å². The molecule has 1 unspecified atom stereocenters. The van der Waals surface area contributed by atoms with Crippen molar-refractivity contribution in [2.24, 2.45) is 0 Å². The molecule has 27 heavy (non-hydrogen) atoms. The molecule has 0 saturated carbocycles. The third-order valence-corrected chi connectivity index (χ3v) is 4.23. The Morgan fingerprint density at radius 3 is 2.96 bits per heavy atom. The number of aryl methyl sites for hydroxylation is 1. The van der Waals surface area contributed by atoms with Gasteiger partial charge in [0.2, 0.25) is 0 Å². The quantitative estimate of drug-likeness (QED) is 0.578. The maximum Gasteiger partial charge on any atom is 0.143 e. The molecule has 0 spiro atoms. The van der Waals surface area contributed by atoms with Crippen molar-refractivity contribution in [1.82, 2.24) is 9.55 Å². The number of benzene rings is 1. The Balaban J connectivity index is 2.04. The average Bonchev–Trinajstić information content (AvgIpc) is 3.18. The summed E-state index contributed by atoms with van der Waals surface area (Å²) < 4.78 is 21.5. The summed E-state index contributed by atoms with van der Waals surface area (Å²) in [6, 6.07) is 6.50. The second-order valence-electron chi connectivity index (χ2n) is 6.43. The summed E-state index contributed by atoms with van der Waals surface area (Å²) in [7, 11) is 0. The molecule has 0 amide bonds. The fourth-order valence-corrected chi connectivity index (χ4v) is 2.83. The zero-order valence-electron chi connectivity index (χ0n) is 15.7. The number of ether oxygens (including phenoxy) is 1. The van der Waals surface area contributed by atoms with Crippen LogP contribution in [0.15, 0.2) is 36.9 Å². The molecule has 1 aromatic heterocycles. The van der Waals surface area contributed by atoms with E-state index in [1.54, 1.807) is 24.7 Å². The van der Waals surface area contributed by atoms with Crippen LogP contribution >= 0.6 is 0 Å². The van der Waals surface area contributed by atoms with E-state index in [1.165, 1.54) is 6.07 Å². The molecular weight excluding hydrogens is 347 g/mol. The molecule has 1 atom stereocenters. The van der Waals surface area contributed by atoms with Gasteiger partial charge in [-0.1, -0.05) is 19.4 Å². The van der Waals surface area contributed by atoms with Gasteiger partial charge < -0.3 is 19.3 Å². The van der Waals surface area contributed by atoms with Gasteiger partial charge in [-0.15, -0.1) is 0 Å². The summed E-state index contributed by atoms with van der Waals surface area (Å²) in [6.45, 7) is 4.50. The average molecular weight is 374 g/mol. The van der Waals surface area contributed by atoms with Crippen LogP contribution in [-0.2, 0) is 11.3 Å². The number of hydrogen-bond acceptors (Lipinski definition) is 5. The lowest BCUT2D eigenvalue weighted by Crippen LogP contribution is -2.36. The Morgan fingerprint density at radius 2 is 2.26 bits per heavy atom. The SMILES string of the molecule is CCCCOCC(O)CN(CCCn1ccnc1)c1cccc(F)c1C#N. The molecule has 146 valence electrons. The van der Waals surface area contributed by atoms with E-state index in [2.05, 4.69) is 11.9 Å². The summed E-state index contributed by atoms with van der Waals surface area (Å²) in [4.78, 5) is 5.87. The van der Waals surface area contributed by atoms with Gasteiger partial charge in [-0.05, 0) is 25.0 Å². The van der Waals surface area contributed by atoms with Crippen LogP contribution in [0.2, 0.25) is 0 Å². The van der Waals surface area contributed by atoms with Crippen LogP contribution in [0, 0.1) is 17.1 Å². The largest absolute Gasteiger partial charge is 0.389 e. The molecule has 0 bridgehead atoms. The Kier molecular flexibility index (Phi) is 8.75. The topological polar surface area (TPSA) is 74.3 Å². The highest BCUT2D eigenvalue weighted by molar-refractivity contribution is 5.60. The van der Waals surface area contributed by atoms with Crippen LogP contribution in [-0.4, -0.2) is 47.1 Å². The van der Waals surface area contributed by atoms with E-state index in [-0.39, 0.29) is 18.7 Å². The van der Waals surface area contributed by atoms with Gasteiger partial charge in [-0.25, -0.2) is 9.37 Å². The van der Waals surface area contributed by atoms with E-state index in [1.807, 2.05) is 21.7 Å². The summed E-state index contributed by atoms with van der Waals surface area (Å²) in [5.41, 5.74) is 0.495. The van der Waals surface area contributed by atoms with Crippen LogP contribution in [0.25, 0.3) is 0 Å².